The van der Waals surface area contributed by atoms with Gasteiger partial charge in [0, 0.05) is 30.8 Å². The van der Waals surface area contributed by atoms with E-state index in [9.17, 15) is 0 Å². The second kappa shape index (κ2) is 6.64. The van der Waals surface area contributed by atoms with E-state index in [0.29, 0.717) is 12.5 Å². The topological polar surface area (TPSA) is 42.2 Å². The third-order valence-electron chi connectivity index (χ3n) is 3.66. The van der Waals surface area contributed by atoms with Crippen molar-refractivity contribution in [2.45, 2.75) is 39.0 Å². The van der Waals surface area contributed by atoms with Gasteiger partial charge in [0.2, 0.25) is 0 Å². The Morgan fingerprint density at radius 1 is 1.61 bits per heavy atom. The lowest BCUT2D eigenvalue weighted by Crippen LogP contribution is -2.36. The molecule has 4 heteroatoms. The summed E-state index contributed by atoms with van der Waals surface area (Å²) < 4.78 is 0. The van der Waals surface area contributed by atoms with Crippen LogP contribution in [0.5, 0.6) is 0 Å². The van der Waals surface area contributed by atoms with Crippen molar-refractivity contribution in [2.75, 3.05) is 26.2 Å². The maximum atomic E-state index is 5.57. The van der Waals surface area contributed by atoms with Crippen molar-refractivity contribution < 1.29 is 0 Å². The number of piperidine rings is 1. The van der Waals surface area contributed by atoms with Gasteiger partial charge in [-0.25, -0.2) is 4.98 Å². The van der Waals surface area contributed by atoms with Crippen LogP contribution < -0.4 is 5.73 Å². The Bertz CT molecular complexity index is 364. The predicted octanol–water partition coefficient (Wildman–Crippen LogP) is 2.48. The maximum Gasteiger partial charge on any atom is 0.0969 e. The molecule has 2 heterocycles. The normalized spacial score (nSPS) is 23.2. The molecular formula is C14H25N3S. The maximum absolute atomic E-state index is 5.57. The number of aromatic nitrogens is 1. The number of nitrogens with two attached hydrogens (primary N) is 1. The highest BCUT2D eigenvalue weighted by atomic mass is 32.1. The largest absolute Gasteiger partial charge is 0.330 e. The lowest BCUT2D eigenvalue weighted by molar-refractivity contribution is 0.176. The fourth-order valence-electron chi connectivity index (χ4n) is 2.73. The highest BCUT2D eigenvalue weighted by molar-refractivity contribution is 7.09. The average molecular weight is 267 g/mol. The van der Waals surface area contributed by atoms with Gasteiger partial charge in [-0.3, -0.25) is 0 Å². The zero-order chi connectivity index (χ0) is 13.0. The lowest BCUT2D eigenvalue weighted by Gasteiger charge is -2.32. The number of likely N-dealkylation sites (tertiary alicyclic amines) is 1. The molecule has 0 spiro atoms. The van der Waals surface area contributed by atoms with Gasteiger partial charge in [0.15, 0.2) is 0 Å². The first kappa shape index (κ1) is 14.0. The highest BCUT2D eigenvalue weighted by Gasteiger charge is 2.20. The SMILES string of the molecule is CC1CCCN(CC(C)c2nc(CCN)cs2)C1. The van der Waals surface area contributed by atoms with Gasteiger partial charge in [0.1, 0.15) is 0 Å². The van der Waals surface area contributed by atoms with Crippen molar-refractivity contribution in [3.63, 3.8) is 0 Å². The minimum absolute atomic E-state index is 0.548. The molecule has 1 aliphatic rings. The summed E-state index contributed by atoms with van der Waals surface area (Å²) in [6.45, 7) is 9.02. The zero-order valence-electron chi connectivity index (χ0n) is 11.6. The molecule has 18 heavy (non-hydrogen) atoms. The second-order valence-electron chi connectivity index (χ2n) is 5.62. The van der Waals surface area contributed by atoms with E-state index < -0.39 is 0 Å². The minimum Gasteiger partial charge on any atom is -0.330 e. The molecular weight excluding hydrogens is 242 g/mol. The Labute approximate surface area is 114 Å². The Hall–Kier alpha value is -0.450. The first-order valence-electron chi connectivity index (χ1n) is 7.05. The Morgan fingerprint density at radius 3 is 3.17 bits per heavy atom. The minimum atomic E-state index is 0.548. The fourth-order valence-corrected chi connectivity index (χ4v) is 3.63. The average Bonchev–Trinajstić information content (AvgIpc) is 2.78. The molecule has 0 radical (unpaired) electrons. The third-order valence-corrected chi connectivity index (χ3v) is 4.79. The number of hydrogen-bond acceptors (Lipinski definition) is 4. The van der Waals surface area contributed by atoms with Crippen molar-refractivity contribution >= 4 is 11.3 Å². The predicted molar refractivity (Wildman–Crippen MR) is 78.1 cm³/mol. The summed E-state index contributed by atoms with van der Waals surface area (Å²) >= 11 is 1.79. The van der Waals surface area contributed by atoms with Gasteiger partial charge < -0.3 is 10.6 Å². The first-order valence-corrected chi connectivity index (χ1v) is 7.93. The summed E-state index contributed by atoms with van der Waals surface area (Å²) in [4.78, 5) is 7.30. The van der Waals surface area contributed by atoms with E-state index in [1.165, 1.54) is 30.9 Å². The molecule has 102 valence electrons. The van der Waals surface area contributed by atoms with Gasteiger partial charge in [-0.15, -0.1) is 11.3 Å². The van der Waals surface area contributed by atoms with Crippen LogP contribution in [0.15, 0.2) is 5.38 Å². The van der Waals surface area contributed by atoms with E-state index in [0.717, 1.165) is 24.6 Å². The molecule has 2 unspecified atom stereocenters. The Kier molecular flexibility index (Phi) is 5.15. The molecule has 1 aliphatic heterocycles. The molecule has 2 atom stereocenters. The van der Waals surface area contributed by atoms with E-state index in [-0.39, 0.29) is 0 Å². The van der Waals surface area contributed by atoms with Gasteiger partial charge in [-0.2, -0.15) is 0 Å². The fraction of sp³-hybridized carbons (Fsp3) is 0.786. The van der Waals surface area contributed by atoms with Gasteiger partial charge >= 0.3 is 0 Å². The van der Waals surface area contributed by atoms with Gasteiger partial charge in [0.05, 0.1) is 10.7 Å². The van der Waals surface area contributed by atoms with Crippen LogP contribution in [0.4, 0.5) is 0 Å². The van der Waals surface area contributed by atoms with Crippen LogP contribution >= 0.6 is 11.3 Å². The molecule has 0 aromatic carbocycles. The van der Waals surface area contributed by atoms with Crippen LogP contribution in [0.3, 0.4) is 0 Å². The molecule has 0 bridgehead atoms. The number of thiazole rings is 1. The van der Waals surface area contributed by atoms with Crippen LogP contribution in [0.25, 0.3) is 0 Å². The molecule has 2 N–H and O–H groups in total. The molecule has 1 aromatic heterocycles. The third kappa shape index (κ3) is 3.77. The molecule has 1 saturated heterocycles. The number of rotatable bonds is 5. The molecule has 0 saturated carbocycles. The van der Waals surface area contributed by atoms with Crippen LogP contribution in [-0.4, -0.2) is 36.1 Å². The summed E-state index contributed by atoms with van der Waals surface area (Å²) in [7, 11) is 0. The van der Waals surface area contributed by atoms with E-state index >= 15 is 0 Å². The summed E-state index contributed by atoms with van der Waals surface area (Å²) in [6.07, 6.45) is 3.65. The van der Waals surface area contributed by atoms with Crippen molar-refractivity contribution in [1.29, 1.82) is 0 Å². The van der Waals surface area contributed by atoms with Crippen LogP contribution in [-0.2, 0) is 6.42 Å². The summed E-state index contributed by atoms with van der Waals surface area (Å²) in [5.41, 5.74) is 6.73. The molecule has 1 aromatic rings. The van der Waals surface area contributed by atoms with E-state index in [1.54, 1.807) is 11.3 Å². The first-order chi connectivity index (χ1) is 8.69. The van der Waals surface area contributed by atoms with Crippen molar-refractivity contribution in [1.82, 2.24) is 9.88 Å². The summed E-state index contributed by atoms with van der Waals surface area (Å²) in [5.74, 6) is 1.40. The summed E-state index contributed by atoms with van der Waals surface area (Å²) in [6, 6.07) is 0. The van der Waals surface area contributed by atoms with Crippen molar-refractivity contribution in [3.8, 4) is 0 Å². The highest BCUT2D eigenvalue weighted by Crippen LogP contribution is 2.24. The molecule has 0 amide bonds. The Balaban J connectivity index is 1.87. The number of nitrogens with zero attached hydrogens (tertiary/aromatic N) is 2. The van der Waals surface area contributed by atoms with E-state index in [2.05, 4.69) is 24.1 Å². The van der Waals surface area contributed by atoms with Crippen LogP contribution in [0.1, 0.15) is 43.3 Å². The second-order valence-corrected chi connectivity index (χ2v) is 6.51. The summed E-state index contributed by atoms with van der Waals surface area (Å²) in [5, 5.41) is 3.44. The Morgan fingerprint density at radius 2 is 2.44 bits per heavy atom. The van der Waals surface area contributed by atoms with Crippen molar-refractivity contribution in [2.24, 2.45) is 11.7 Å². The van der Waals surface area contributed by atoms with Gasteiger partial charge in [-0.1, -0.05) is 13.8 Å². The quantitative estimate of drug-likeness (QED) is 0.891. The van der Waals surface area contributed by atoms with Crippen LogP contribution in [0, 0.1) is 5.92 Å². The van der Waals surface area contributed by atoms with Gasteiger partial charge in [-0.05, 0) is 31.8 Å². The molecule has 0 aliphatic carbocycles. The van der Waals surface area contributed by atoms with E-state index in [1.807, 2.05) is 0 Å². The standard InChI is InChI=1S/C14H25N3S/c1-11-4-3-7-17(8-11)9-12(2)14-16-13(5-6-15)10-18-14/h10-12H,3-9,15H2,1-2H3. The number of hydrogen-bond donors (Lipinski definition) is 1. The van der Waals surface area contributed by atoms with Crippen LogP contribution in [0.2, 0.25) is 0 Å². The zero-order valence-corrected chi connectivity index (χ0v) is 12.4. The molecule has 1 fully saturated rings. The lowest BCUT2D eigenvalue weighted by atomic mass is 9.99. The molecule has 3 nitrogen and oxygen atoms in total. The van der Waals surface area contributed by atoms with E-state index in [4.69, 9.17) is 10.7 Å². The molecule has 2 rings (SSSR count). The van der Waals surface area contributed by atoms with Gasteiger partial charge in [0.25, 0.3) is 0 Å². The smallest absolute Gasteiger partial charge is 0.0969 e. The monoisotopic (exact) mass is 267 g/mol. The van der Waals surface area contributed by atoms with Crippen molar-refractivity contribution in [3.05, 3.63) is 16.1 Å².